The smallest absolute Gasteiger partial charge is 0.0697 e. The molecule has 2 heterocycles. The lowest BCUT2D eigenvalue weighted by Crippen LogP contribution is -2.51. The average Bonchev–Trinajstić information content (AvgIpc) is 2.88. The molecule has 1 aliphatic carbocycles. The summed E-state index contributed by atoms with van der Waals surface area (Å²) in [6.45, 7) is 2.45. The second kappa shape index (κ2) is 5.48. The third-order valence-corrected chi connectivity index (χ3v) is 5.33. The van der Waals surface area contributed by atoms with Crippen LogP contribution >= 0.6 is 0 Å². The summed E-state index contributed by atoms with van der Waals surface area (Å²) in [7, 11) is 0. The lowest BCUT2D eigenvalue weighted by molar-refractivity contribution is -0.126. The van der Waals surface area contributed by atoms with Gasteiger partial charge in [0.2, 0.25) is 0 Å². The van der Waals surface area contributed by atoms with E-state index < -0.39 is 0 Å². The van der Waals surface area contributed by atoms with Gasteiger partial charge in [-0.05, 0) is 45.1 Å². The molecule has 104 valence electrons. The molecule has 3 nitrogen and oxygen atoms in total. The Kier molecular flexibility index (Phi) is 3.92. The second-order valence-electron chi connectivity index (χ2n) is 6.46. The molecule has 0 bridgehead atoms. The predicted octanol–water partition coefficient (Wildman–Crippen LogP) is 2.33. The third kappa shape index (κ3) is 2.45. The number of rotatable bonds is 2. The molecule has 3 aliphatic rings. The van der Waals surface area contributed by atoms with Crippen LogP contribution in [0, 0.1) is 0 Å². The van der Waals surface area contributed by atoms with Crippen molar-refractivity contribution in [1.82, 2.24) is 4.90 Å². The van der Waals surface area contributed by atoms with E-state index in [-0.39, 0.29) is 5.60 Å². The van der Waals surface area contributed by atoms with Crippen LogP contribution in [0.4, 0.5) is 0 Å². The molecule has 2 atom stereocenters. The molecule has 0 aromatic carbocycles. The fourth-order valence-corrected chi connectivity index (χ4v) is 4.36. The number of aliphatic hydroxyl groups is 1. The van der Waals surface area contributed by atoms with Gasteiger partial charge in [0.1, 0.15) is 0 Å². The van der Waals surface area contributed by atoms with Crippen molar-refractivity contribution in [2.45, 2.75) is 75.5 Å². The second-order valence-corrected chi connectivity index (χ2v) is 6.46. The molecule has 2 saturated heterocycles. The van der Waals surface area contributed by atoms with E-state index in [1.54, 1.807) is 0 Å². The van der Waals surface area contributed by atoms with Crippen LogP contribution in [-0.4, -0.2) is 47.4 Å². The summed E-state index contributed by atoms with van der Waals surface area (Å²) in [5.41, 5.74) is 0.198. The molecule has 1 spiro atoms. The molecule has 1 N–H and O–H groups in total. The fraction of sp³-hybridized carbons (Fsp3) is 1.00. The Morgan fingerprint density at radius 1 is 1.11 bits per heavy atom. The maximum absolute atomic E-state index is 9.50. The van der Waals surface area contributed by atoms with E-state index >= 15 is 0 Å². The molecule has 0 radical (unpaired) electrons. The van der Waals surface area contributed by atoms with Gasteiger partial charge < -0.3 is 9.84 Å². The Hall–Kier alpha value is -0.120. The Balaban J connectivity index is 1.66. The first-order valence-electron chi connectivity index (χ1n) is 7.84. The first kappa shape index (κ1) is 12.9. The van der Waals surface area contributed by atoms with Crippen molar-refractivity contribution in [1.29, 1.82) is 0 Å². The number of aliphatic hydroxyl groups excluding tert-OH is 1. The number of ether oxygens (including phenoxy) is 1. The van der Waals surface area contributed by atoms with E-state index in [4.69, 9.17) is 4.74 Å². The Bertz CT molecular complexity index is 270. The van der Waals surface area contributed by atoms with Crippen LogP contribution in [0.5, 0.6) is 0 Å². The molecule has 3 heteroatoms. The molecule has 2 aliphatic heterocycles. The largest absolute Gasteiger partial charge is 0.395 e. The van der Waals surface area contributed by atoms with Crippen molar-refractivity contribution in [3.63, 3.8) is 0 Å². The zero-order valence-electron chi connectivity index (χ0n) is 11.4. The molecule has 0 aromatic heterocycles. The lowest BCUT2D eigenvalue weighted by atomic mass is 9.78. The lowest BCUT2D eigenvalue weighted by Gasteiger charge is -2.47. The minimum Gasteiger partial charge on any atom is -0.395 e. The van der Waals surface area contributed by atoms with Crippen molar-refractivity contribution in [2.24, 2.45) is 0 Å². The van der Waals surface area contributed by atoms with Gasteiger partial charge in [0.25, 0.3) is 0 Å². The highest BCUT2D eigenvalue weighted by molar-refractivity contribution is 4.95. The Labute approximate surface area is 110 Å². The van der Waals surface area contributed by atoms with Gasteiger partial charge in [-0.1, -0.05) is 19.3 Å². The Morgan fingerprint density at radius 2 is 1.94 bits per heavy atom. The highest BCUT2D eigenvalue weighted by Gasteiger charge is 2.42. The zero-order chi connectivity index (χ0) is 12.4. The van der Waals surface area contributed by atoms with Crippen molar-refractivity contribution < 1.29 is 9.84 Å². The SMILES string of the molecule is OCC1CCCN1C1CCOC2(CCCCC2)C1. The first-order valence-corrected chi connectivity index (χ1v) is 7.84. The summed E-state index contributed by atoms with van der Waals surface area (Å²) in [6.07, 6.45) is 11.4. The number of hydrogen-bond donors (Lipinski definition) is 1. The van der Waals surface area contributed by atoms with Gasteiger partial charge in [-0.2, -0.15) is 0 Å². The van der Waals surface area contributed by atoms with Crippen LogP contribution in [0.15, 0.2) is 0 Å². The van der Waals surface area contributed by atoms with Crippen LogP contribution in [0.2, 0.25) is 0 Å². The van der Waals surface area contributed by atoms with Crippen molar-refractivity contribution >= 4 is 0 Å². The molecule has 0 amide bonds. The van der Waals surface area contributed by atoms with Crippen LogP contribution in [0.3, 0.4) is 0 Å². The average molecular weight is 253 g/mol. The summed E-state index contributed by atoms with van der Waals surface area (Å²) in [5, 5.41) is 9.50. The molecule has 3 fully saturated rings. The van der Waals surface area contributed by atoms with E-state index in [2.05, 4.69) is 4.90 Å². The predicted molar refractivity (Wildman–Crippen MR) is 71.6 cm³/mol. The van der Waals surface area contributed by atoms with Gasteiger partial charge in [0.15, 0.2) is 0 Å². The van der Waals surface area contributed by atoms with Gasteiger partial charge in [0.05, 0.1) is 12.2 Å². The quantitative estimate of drug-likeness (QED) is 0.820. The van der Waals surface area contributed by atoms with Crippen LogP contribution in [0.25, 0.3) is 0 Å². The molecule has 0 aromatic rings. The molecular formula is C15H27NO2. The molecule has 18 heavy (non-hydrogen) atoms. The van der Waals surface area contributed by atoms with Crippen LogP contribution in [-0.2, 0) is 4.74 Å². The van der Waals surface area contributed by atoms with Gasteiger partial charge in [0, 0.05) is 18.7 Å². The molecular weight excluding hydrogens is 226 g/mol. The summed E-state index contributed by atoms with van der Waals surface area (Å²) >= 11 is 0. The number of nitrogens with zero attached hydrogens (tertiary/aromatic N) is 1. The van der Waals surface area contributed by atoms with E-state index in [1.165, 1.54) is 57.9 Å². The summed E-state index contributed by atoms with van der Waals surface area (Å²) in [4.78, 5) is 2.58. The van der Waals surface area contributed by atoms with Crippen molar-refractivity contribution in [3.05, 3.63) is 0 Å². The maximum atomic E-state index is 9.50. The van der Waals surface area contributed by atoms with Crippen molar-refractivity contribution in [3.8, 4) is 0 Å². The summed E-state index contributed by atoms with van der Waals surface area (Å²) in [5.74, 6) is 0. The van der Waals surface area contributed by atoms with E-state index in [0.29, 0.717) is 18.7 Å². The van der Waals surface area contributed by atoms with E-state index in [1.807, 2.05) is 0 Å². The minimum absolute atomic E-state index is 0.198. The van der Waals surface area contributed by atoms with Gasteiger partial charge in [-0.3, -0.25) is 4.90 Å². The highest BCUT2D eigenvalue weighted by atomic mass is 16.5. The van der Waals surface area contributed by atoms with Gasteiger partial charge >= 0.3 is 0 Å². The van der Waals surface area contributed by atoms with Gasteiger partial charge in [-0.25, -0.2) is 0 Å². The first-order chi connectivity index (χ1) is 8.83. The minimum atomic E-state index is 0.198. The summed E-state index contributed by atoms with van der Waals surface area (Å²) in [6, 6.07) is 1.09. The zero-order valence-corrected chi connectivity index (χ0v) is 11.4. The van der Waals surface area contributed by atoms with Crippen molar-refractivity contribution in [2.75, 3.05) is 19.8 Å². The monoisotopic (exact) mass is 253 g/mol. The highest BCUT2D eigenvalue weighted by Crippen LogP contribution is 2.41. The van der Waals surface area contributed by atoms with E-state index in [0.717, 1.165) is 13.0 Å². The number of likely N-dealkylation sites (tertiary alicyclic amines) is 1. The Morgan fingerprint density at radius 3 is 2.72 bits per heavy atom. The maximum Gasteiger partial charge on any atom is 0.0697 e. The van der Waals surface area contributed by atoms with Gasteiger partial charge in [-0.15, -0.1) is 0 Å². The molecule has 3 rings (SSSR count). The normalized spacial score (nSPS) is 37.2. The fourth-order valence-electron chi connectivity index (χ4n) is 4.36. The summed E-state index contributed by atoms with van der Waals surface area (Å²) < 4.78 is 6.18. The van der Waals surface area contributed by atoms with E-state index in [9.17, 15) is 5.11 Å². The molecule has 1 saturated carbocycles. The topological polar surface area (TPSA) is 32.7 Å². The number of hydrogen-bond acceptors (Lipinski definition) is 3. The third-order valence-electron chi connectivity index (χ3n) is 5.33. The standard InChI is InChI=1S/C15H27NO2/c17-12-14-5-4-9-16(14)13-6-10-18-15(11-13)7-2-1-3-8-15/h13-14,17H,1-12H2. The molecule has 2 unspecified atom stereocenters. The van der Waals surface area contributed by atoms with Crippen LogP contribution < -0.4 is 0 Å². The van der Waals surface area contributed by atoms with Crippen LogP contribution in [0.1, 0.15) is 57.8 Å².